The topological polar surface area (TPSA) is 105 Å². The van der Waals surface area contributed by atoms with Crippen molar-refractivity contribution in [2.45, 2.75) is 44.1 Å². The lowest BCUT2D eigenvalue weighted by atomic mass is 9.92. The predicted molar refractivity (Wildman–Crippen MR) is 101 cm³/mol. The average Bonchev–Trinajstić information content (AvgIpc) is 3.09. The highest BCUT2D eigenvalue weighted by atomic mass is 16.5. The van der Waals surface area contributed by atoms with Gasteiger partial charge in [-0.2, -0.15) is 0 Å². The van der Waals surface area contributed by atoms with Gasteiger partial charge < -0.3 is 14.7 Å². The fourth-order valence-electron chi connectivity index (χ4n) is 3.99. The fraction of sp³-hybridized carbons (Fsp3) is 0.500. The molecule has 0 radical (unpaired) electrons. The van der Waals surface area contributed by atoms with E-state index in [1.165, 1.54) is 0 Å². The lowest BCUT2D eigenvalue weighted by molar-refractivity contribution is -0.134. The Balaban J connectivity index is 1.49. The Morgan fingerprint density at radius 3 is 2.82 bits per heavy atom. The molecule has 2 aromatic rings. The van der Waals surface area contributed by atoms with Gasteiger partial charge in [-0.15, -0.1) is 0 Å². The van der Waals surface area contributed by atoms with E-state index in [1.54, 1.807) is 0 Å². The van der Waals surface area contributed by atoms with E-state index in [1.807, 2.05) is 18.2 Å². The number of piperidine rings is 2. The molecule has 2 fully saturated rings. The highest BCUT2D eigenvalue weighted by Crippen LogP contribution is 2.31. The molecule has 0 aliphatic carbocycles. The van der Waals surface area contributed by atoms with Crippen molar-refractivity contribution in [1.29, 1.82) is 0 Å². The summed E-state index contributed by atoms with van der Waals surface area (Å²) >= 11 is 0. The predicted octanol–water partition coefficient (Wildman–Crippen LogP) is 1.10. The molecule has 0 spiro atoms. The SMILES string of the molecule is CN1CCC(NC(=O)Cc2cccc3c(C4CCC(=O)NC4=O)noc23)CC1. The number of rotatable bonds is 4. The van der Waals surface area contributed by atoms with Crippen molar-refractivity contribution in [3.05, 3.63) is 29.5 Å². The molecular weight excluding hydrogens is 360 g/mol. The number of nitrogens with one attached hydrogen (secondary N) is 2. The third-order valence-electron chi connectivity index (χ3n) is 5.61. The molecule has 4 rings (SSSR count). The number of carbonyl (C=O) groups excluding carboxylic acids is 3. The first-order chi connectivity index (χ1) is 13.5. The summed E-state index contributed by atoms with van der Waals surface area (Å²) in [6.45, 7) is 1.97. The molecule has 8 heteroatoms. The lowest BCUT2D eigenvalue weighted by Gasteiger charge is -2.29. The summed E-state index contributed by atoms with van der Waals surface area (Å²) in [4.78, 5) is 38.3. The van der Waals surface area contributed by atoms with Gasteiger partial charge in [0.15, 0.2) is 5.58 Å². The van der Waals surface area contributed by atoms with Gasteiger partial charge in [0.05, 0.1) is 12.3 Å². The van der Waals surface area contributed by atoms with Gasteiger partial charge in [0.1, 0.15) is 5.69 Å². The first-order valence-corrected chi connectivity index (χ1v) is 9.70. The van der Waals surface area contributed by atoms with Crippen molar-refractivity contribution >= 4 is 28.7 Å². The van der Waals surface area contributed by atoms with E-state index in [9.17, 15) is 14.4 Å². The normalized spacial score (nSPS) is 21.7. The third kappa shape index (κ3) is 3.77. The van der Waals surface area contributed by atoms with Crippen LogP contribution < -0.4 is 10.6 Å². The van der Waals surface area contributed by atoms with Crippen LogP contribution in [0.1, 0.15) is 42.9 Å². The number of amides is 3. The fourth-order valence-corrected chi connectivity index (χ4v) is 3.99. The Bertz CT molecular complexity index is 914. The minimum absolute atomic E-state index is 0.0407. The molecule has 0 bridgehead atoms. The van der Waals surface area contributed by atoms with Gasteiger partial charge in [0, 0.05) is 23.4 Å². The van der Waals surface area contributed by atoms with E-state index in [2.05, 4.69) is 27.7 Å². The van der Waals surface area contributed by atoms with E-state index in [-0.39, 0.29) is 36.6 Å². The van der Waals surface area contributed by atoms with Crippen LogP contribution in [0.3, 0.4) is 0 Å². The molecule has 148 valence electrons. The van der Waals surface area contributed by atoms with Crippen LogP contribution in [-0.2, 0) is 20.8 Å². The quantitative estimate of drug-likeness (QED) is 0.765. The van der Waals surface area contributed by atoms with E-state index < -0.39 is 5.92 Å². The largest absolute Gasteiger partial charge is 0.356 e. The maximum atomic E-state index is 12.5. The second-order valence-corrected chi connectivity index (χ2v) is 7.69. The van der Waals surface area contributed by atoms with Crippen LogP contribution in [0, 0.1) is 0 Å². The minimum Gasteiger partial charge on any atom is -0.356 e. The zero-order valence-corrected chi connectivity index (χ0v) is 15.9. The number of nitrogens with zero attached hydrogens (tertiary/aromatic N) is 2. The van der Waals surface area contributed by atoms with Crippen LogP contribution >= 0.6 is 0 Å². The standard InChI is InChI=1S/C20H24N4O4/c1-24-9-7-13(8-10-24)21-17(26)11-12-3-2-4-14-18(23-28-19(12)14)15-5-6-16(25)22-20(15)27/h2-4,13,15H,5-11H2,1H3,(H,21,26)(H,22,25,27). The summed E-state index contributed by atoms with van der Waals surface area (Å²) in [6, 6.07) is 5.73. The van der Waals surface area contributed by atoms with Crippen molar-refractivity contribution in [2.75, 3.05) is 20.1 Å². The molecule has 2 saturated heterocycles. The molecule has 1 aromatic carbocycles. The Kier molecular flexibility index (Phi) is 5.13. The summed E-state index contributed by atoms with van der Waals surface area (Å²) in [5.41, 5.74) is 1.80. The number of likely N-dealkylation sites (tertiary alicyclic amines) is 1. The van der Waals surface area contributed by atoms with Crippen molar-refractivity contribution in [3.63, 3.8) is 0 Å². The molecule has 3 heterocycles. The molecule has 3 amide bonds. The summed E-state index contributed by atoms with van der Waals surface area (Å²) < 4.78 is 5.51. The molecule has 2 aliphatic heterocycles. The van der Waals surface area contributed by atoms with Crippen LogP contribution in [0.4, 0.5) is 0 Å². The number of fused-ring (bicyclic) bond motifs is 1. The number of aromatic nitrogens is 1. The highest BCUT2D eigenvalue weighted by molar-refractivity contribution is 6.02. The van der Waals surface area contributed by atoms with Gasteiger partial charge in [-0.05, 0) is 45.5 Å². The zero-order valence-electron chi connectivity index (χ0n) is 15.9. The number of para-hydroxylation sites is 1. The summed E-state index contributed by atoms with van der Waals surface area (Å²) in [7, 11) is 2.09. The van der Waals surface area contributed by atoms with Crippen molar-refractivity contribution in [3.8, 4) is 0 Å². The monoisotopic (exact) mass is 384 g/mol. The van der Waals surface area contributed by atoms with Crippen LogP contribution in [-0.4, -0.2) is 54.0 Å². The molecule has 0 saturated carbocycles. The van der Waals surface area contributed by atoms with E-state index in [0.717, 1.165) is 36.9 Å². The zero-order chi connectivity index (χ0) is 19.7. The van der Waals surface area contributed by atoms with Crippen molar-refractivity contribution in [2.24, 2.45) is 0 Å². The highest BCUT2D eigenvalue weighted by Gasteiger charge is 2.32. The molecule has 2 N–H and O–H groups in total. The second-order valence-electron chi connectivity index (χ2n) is 7.69. The van der Waals surface area contributed by atoms with Crippen LogP contribution in [0.2, 0.25) is 0 Å². The summed E-state index contributed by atoms with van der Waals surface area (Å²) in [5, 5.41) is 10.3. The number of imide groups is 1. The van der Waals surface area contributed by atoms with E-state index in [4.69, 9.17) is 4.52 Å². The van der Waals surface area contributed by atoms with Gasteiger partial charge in [-0.1, -0.05) is 17.3 Å². The molecule has 2 aliphatic rings. The molecule has 1 aromatic heterocycles. The first-order valence-electron chi connectivity index (χ1n) is 9.70. The number of benzene rings is 1. The van der Waals surface area contributed by atoms with Gasteiger partial charge >= 0.3 is 0 Å². The smallest absolute Gasteiger partial charge is 0.235 e. The molecule has 8 nitrogen and oxygen atoms in total. The van der Waals surface area contributed by atoms with Gasteiger partial charge in [0.25, 0.3) is 0 Å². The van der Waals surface area contributed by atoms with E-state index >= 15 is 0 Å². The third-order valence-corrected chi connectivity index (χ3v) is 5.61. The molecule has 1 atom stereocenters. The Labute approximate surface area is 162 Å². The van der Waals surface area contributed by atoms with Crippen LogP contribution in [0.5, 0.6) is 0 Å². The van der Waals surface area contributed by atoms with Gasteiger partial charge in [0.2, 0.25) is 17.7 Å². The molecule has 28 heavy (non-hydrogen) atoms. The number of carbonyl (C=O) groups is 3. The molecule has 1 unspecified atom stereocenters. The second kappa shape index (κ2) is 7.71. The Morgan fingerprint density at radius 2 is 2.07 bits per heavy atom. The van der Waals surface area contributed by atoms with Crippen molar-refractivity contribution < 1.29 is 18.9 Å². The number of hydrogen-bond acceptors (Lipinski definition) is 6. The first kappa shape index (κ1) is 18.6. The number of hydrogen-bond donors (Lipinski definition) is 2. The van der Waals surface area contributed by atoms with E-state index in [0.29, 0.717) is 17.7 Å². The van der Waals surface area contributed by atoms with Gasteiger partial charge in [-0.25, -0.2) is 0 Å². The summed E-state index contributed by atoms with van der Waals surface area (Å²) in [5.74, 6) is -1.17. The maximum absolute atomic E-state index is 12.5. The van der Waals surface area contributed by atoms with Gasteiger partial charge in [-0.3, -0.25) is 19.7 Å². The van der Waals surface area contributed by atoms with Crippen LogP contribution in [0.25, 0.3) is 11.0 Å². The Morgan fingerprint density at radius 1 is 1.29 bits per heavy atom. The van der Waals surface area contributed by atoms with Crippen molar-refractivity contribution in [1.82, 2.24) is 20.7 Å². The van der Waals surface area contributed by atoms with Crippen LogP contribution in [0.15, 0.2) is 22.7 Å². The molecular formula is C20H24N4O4. The minimum atomic E-state index is -0.512. The maximum Gasteiger partial charge on any atom is 0.235 e. The summed E-state index contributed by atoms with van der Waals surface area (Å²) in [6.07, 6.45) is 2.80. The Hall–Kier alpha value is -2.74. The average molecular weight is 384 g/mol. The lowest BCUT2D eigenvalue weighted by Crippen LogP contribution is -2.43.